The number of benzene rings is 2. The number of aryl methyl sites for hydroxylation is 1. The van der Waals surface area contributed by atoms with E-state index in [0.717, 1.165) is 17.5 Å². The molecule has 2 aliphatic carbocycles. The zero-order chi connectivity index (χ0) is 17.2. The highest BCUT2D eigenvalue weighted by Crippen LogP contribution is 2.66. The molecule has 0 spiro atoms. The Morgan fingerprint density at radius 2 is 1.32 bits per heavy atom. The Bertz CT molecular complexity index is 912. The summed E-state index contributed by atoms with van der Waals surface area (Å²) in [6, 6.07) is 18.3. The fraction of sp³-hybridized carbons (Fsp3) is 0.273. The van der Waals surface area contributed by atoms with Crippen LogP contribution in [0.15, 0.2) is 66.7 Å². The lowest BCUT2D eigenvalue weighted by atomic mass is 9.68. The van der Waals surface area contributed by atoms with E-state index in [1.165, 1.54) is 5.56 Å². The Balaban J connectivity index is 1.73. The molecule has 1 saturated heterocycles. The highest BCUT2D eigenvalue weighted by Gasteiger charge is 2.72. The third kappa shape index (κ3) is 1.70. The first-order valence-electron chi connectivity index (χ1n) is 8.65. The van der Waals surface area contributed by atoms with Crippen molar-refractivity contribution in [1.29, 1.82) is 0 Å². The normalized spacial score (nSPS) is 35.1. The number of allylic oxidation sites excluding steroid dienone is 2. The van der Waals surface area contributed by atoms with Crippen LogP contribution in [0.4, 0.5) is 0 Å². The average molecular weight is 330 g/mol. The van der Waals surface area contributed by atoms with Crippen LogP contribution in [-0.2, 0) is 25.2 Å². The second-order valence-electron chi connectivity index (χ2n) is 7.52. The number of hydrogen-bond donors (Lipinski definition) is 0. The van der Waals surface area contributed by atoms with E-state index in [-0.39, 0.29) is 11.9 Å². The molecule has 3 nitrogen and oxygen atoms in total. The third-order valence-corrected chi connectivity index (χ3v) is 6.32. The van der Waals surface area contributed by atoms with Gasteiger partial charge in [-0.15, -0.1) is 0 Å². The summed E-state index contributed by atoms with van der Waals surface area (Å²) in [5, 5.41) is 0. The van der Waals surface area contributed by atoms with Gasteiger partial charge in [0.1, 0.15) is 0 Å². The first-order chi connectivity index (χ1) is 12.1. The lowest BCUT2D eigenvalue weighted by Crippen LogP contribution is -2.37. The van der Waals surface area contributed by atoms with Crippen LogP contribution in [-0.4, -0.2) is 11.9 Å². The summed E-state index contributed by atoms with van der Waals surface area (Å²) in [6.45, 7) is 2.05. The minimum atomic E-state index is -0.461. The first kappa shape index (κ1) is 14.6. The third-order valence-electron chi connectivity index (χ3n) is 6.32. The molecule has 0 aromatic heterocycles. The molecule has 2 bridgehead atoms. The Kier molecular flexibility index (Phi) is 2.75. The topological polar surface area (TPSA) is 43.4 Å². The van der Waals surface area contributed by atoms with Crippen molar-refractivity contribution in [3.05, 3.63) is 83.4 Å². The second-order valence-corrected chi connectivity index (χ2v) is 7.52. The van der Waals surface area contributed by atoms with Gasteiger partial charge >= 0.3 is 11.9 Å². The summed E-state index contributed by atoms with van der Waals surface area (Å²) in [7, 11) is 0. The Hall–Kier alpha value is -2.68. The Morgan fingerprint density at radius 1 is 0.800 bits per heavy atom. The summed E-state index contributed by atoms with van der Waals surface area (Å²) in [4.78, 5) is 25.2. The van der Waals surface area contributed by atoms with Crippen molar-refractivity contribution in [2.75, 3.05) is 0 Å². The van der Waals surface area contributed by atoms with Gasteiger partial charge in [0.2, 0.25) is 0 Å². The van der Waals surface area contributed by atoms with Crippen LogP contribution in [0.2, 0.25) is 0 Å². The van der Waals surface area contributed by atoms with E-state index in [1.54, 1.807) is 0 Å². The van der Waals surface area contributed by atoms with Crippen LogP contribution in [0.3, 0.4) is 0 Å². The molecule has 2 fully saturated rings. The van der Waals surface area contributed by atoms with E-state index >= 15 is 0 Å². The highest BCUT2D eigenvalue weighted by atomic mass is 16.6. The molecule has 5 rings (SSSR count). The molecule has 0 unspecified atom stereocenters. The summed E-state index contributed by atoms with van der Waals surface area (Å²) >= 11 is 0. The maximum atomic E-state index is 12.6. The minimum Gasteiger partial charge on any atom is -0.393 e. The predicted molar refractivity (Wildman–Crippen MR) is 92.8 cm³/mol. The fourth-order valence-corrected chi connectivity index (χ4v) is 5.21. The molecule has 1 saturated carbocycles. The van der Waals surface area contributed by atoms with Gasteiger partial charge in [-0.2, -0.15) is 0 Å². The molecular weight excluding hydrogens is 312 g/mol. The van der Waals surface area contributed by atoms with Crippen molar-refractivity contribution < 1.29 is 14.3 Å². The molecule has 0 amide bonds. The van der Waals surface area contributed by atoms with Gasteiger partial charge < -0.3 is 4.74 Å². The largest absolute Gasteiger partial charge is 0.393 e. The summed E-state index contributed by atoms with van der Waals surface area (Å²) in [5.41, 5.74) is 2.43. The van der Waals surface area contributed by atoms with Gasteiger partial charge in [0, 0.05) is 10.8 Å². The van der Waals surface area contributed by atoms with Gasteiger partial charge in [-0.05, 0) is 24.5 Å². The number of ether oxygens (including phenoxy) is 1. The maximum Gasteiger partial charge on any atom is 0.318 e. The van der Waals surface area contributed by atoms with Crippen LogP contribution in [0, 0.1) is 18.8 Å². The summed E-state index contributed by atoms with van der Waals surface area (Å²) in [5.74, 6) is -1.63. The van der Waals surface area contributed by atoms with Gasteiger partial charge in [-0.3, -0.25) is 9.59 Å². The van der Waals surface area contributed by atoms with Gasteiger partial charge in [0.15, 0.2) is 0 Å². The number of fused-ring (bicyclic) bond motifs is 5. The van der Waals surface area contributed by atoms with Crippen LogP contribution >= 0.6 is 0 Å². The van der Waals surface area contributed by atoms with Gasteiger partial charge in [0.05, 0.1) is 11.8 Å². The lowest BCUT2D eigenvalue weighted by molar-refractivity contribution is -0.155. The average Bonchev–Trinajstić information content (AvgIpc) is 3.26. The van der Waals surface area contributed by atoms with Crippen LogP contribution in [0.1, 0.15) is 23.1 Å². The zero-order valence-electron chi connectivity index (χ0n) is 13.9. The summed E-state index contributed by atoms with van der Waals surface area (Å²) in [6.07, 6.45) is 5.03. The molecule has 0 N–H and O–H groups in total. The molecule has 1 heterocycles. The smallest absolute Gasteiger partial charge is 0.318 e. The molecular formula is C22H18O3. The van der Waals surface area contributed by atoms with E-state index < -0.39 is 22.7 Å². The second kappa shape index (κ2) is 4.69. The quantitative estimate of drug-likeness (QED) is 0.481. The number of esters is 2. The van der Waals surface area contributed by atoms with Gasteiger partial charge in [0.25, 0.3) is 0 Å². The SMILES string of the molecule is Cc1ccc([C@]23C=C[C@](c4ccccc4)(C2)[C@H]2C(=O)OC(=O)[C@@H]23)cc1. The molecule has 3 heteroatoms. The van der Waals surface area contributed by atoms with E-state index in [2.05, 4.69) is 36.4 Å². The molecule has 4 atom stereocenters. The summed E-state index contributed by atoms with van der Waals surface area (Å²) < 4.78 is 5.11. The molecule has 1 aliphatic heterocycles. The molecule has 2 aromatic carbocycles. The number of carbonyl (C=O) groups excluding carboxylic acids is 2. The molecule has 124 valence electrons. The minimum absolute atomic E-state index is 0.377. The Morgan fingerprint density at radius 3 is 1.88 bits per heavy atom. The monoisotopic (exact) mass is 330 g/mol. The van der Waals surface area contributed by atoms with Crippen molar-refractivity contribution in [3.63, 3.8) is 0 Å². The van der Waals surface area contributed by atoms with Crippen molar-refractivity contribution in [1.82, 2.24) is 0 Å². The van der Waals surface area contributed by atoms with E-state index in [1.807, 2.05) is 37.3 Å². The fourth-order valence-electron chi connectivity index (χ4n) is 5.21. The standard InChI is InChI=1S/C22H18O3/c1-14-7-9-16(10-8-14)22-12-11-21(13-22,15-5-3-2-4-6-15)17-18(22)20(24)25-19(17)23/h2-12,17-18H,13H2,1H3/t17-,18-,21-,22+/m1/s1. The molecule has 3 aliphatic rings. The number of carbonyl (C=O) groups is 2. The van der Waals surface area contributed by atoms with Crippen molar-refractivity contribution in [2.24, 2.45) is 11.8 Å². The number of rotatable bonds is 2. The van der Waals surface area contributed by atoms with Crippen LogP contribution in [0.25, 0.3) is 0 Å². The van der Waals surface area contributed by atoms with Crippen LogP contribution in [0.5, 0.6) is 0 Å². The van der Waals surface area contributed by atoms with Gasteiger partial charge in [-0.1, -0.05) is 72.3 Å². The van der Waals surface area contributed by atoms with Crippen molar-refractivity contribution >= 4 is 11.9 Å². The first-order valence-corrected chi connectivity index (χ1v) is 8.65. The van der Waals surface area contributed by atoms with Crippen molar-refractivity contribution in [2.45, 2.75) is 24.2 Å². The zero-order valence-corrected chi connectivity index (χ0v) is 13.9. The Labute approximate surface area is 146 Å². The van der Waals surface area contributed by atoms with E-state index in [4.69, 9.17) is 4.74 Å². The maximum absolute atomic E-state index is 12.6. The van der Waals surface area contributed by atoms with E-state index in [0.29, 0.717) is 0 Å². The molecule has 25 heavy (non-hydrogen) atoms. The number of hydrogen-bond acceptors (Lipinski definition) is 3. The predicted octanol–water partition coefficient (Wildman–Crippen LogP) is 3.46. The van der Waals surface area contributed by atoms with E-state index in [9.17, 15) is 9.59 Å². The molecule has 2 aromatic rings. The number of cyclic esters (lactones) is 2. The molecule has 0 radical (unpaired) electrons. The van der Waals surface area contributed by atoms with Gasteiger partial charge in [-0.25, -0.2) is 0 Å². The van der Waals surface area contributed by atoms with Crippen LogP contribution < -0.4 is 0 Å². The van der Waals surface area contributed by atoms with Crippen molar-refractivity contribution in [3.8, 4) is 0 Å². The lowest BCUT2D eigenvalue weighted by Gasteiger charge is -2.31. The highest BCUT2D eigenvalue weighted by molar-refractivity contribution is 6.00.